The van der Waals surface area contributed by atoms with Gasteiger partial charge in [0.1, 0.15) is 5.76 Å². The van der Waals surface area contributed by atoms with Gasteiger partial charge < -0.3 is 20.0 Å². The summed E-state index contributed by atoms with van der Waals surface area (Å²) in [5, 5.41) is 6.39. The summed E-state index contributed by atoms with van der Waals surface area (Å²) >= 11 is 0. The molecule has 0 aliphatic carbocycles. The van der Waals surface area contributed by atoms with Crippen LogP contribution in [-0.4, -0.2) is 42.9 Å². The molecule has 142 valence electrons. The summed E-state index contributed by atoms with van der Waals surface area (Å²) in [6.07, 6.45) is 0. The van der Waals surface area contributed by atoms with Crippen LogP contribution in [-0.2, 0) is 13.1 Å². The molecule has 8 heteroatoms. The molecule has 0 unspecified atom stereocenters. The fourth-order valence-corrected chi connectivity index (χ4v) is 2.20. The van der Waals surface area contributed by atoms with Gasteiger partial charge in [-0.25, -0.2) is 4.98 Å². The average molecular weight is 471 g/mol. The van der Waals surface area contributed by atoms with Crippen molar-refractivity contribution in [2.75, 3.05) is 21.1 Å². The van der Waals surface area contributed by atoms with Gasteiger partial charge in [-0.2, -0.15) is 0 Å². The van der Waals surface area contributed by atoms with Crippen molar-refractivity contribution in [2.24, 2.45) is 4.99 Å². The van der Waals surface area contributed by atoms with Crippen molar-refractivity contribution in [1.82, 2.24) is 20.5 Å². The third-order valence-electron chi connectivity index (χ3n) is 3.77. The molecule has 26 heavy (non-hydrogen) atoms. The lowest BCUT2D eigenvalue weighted by Gasteiger charge is -2.12. The fourth-order valence-electron chi connectivity index (χ4n) is 2.20. The summed E-state index contributed by atoms with van der Waals surface area (Å²) in [5.74, 6) is 2.10. The Balaban J connectivity index is 0.00000338. The van der Waals surface area contributed by atoms with E-state index in [9.17, 15) is 4.79 Å². The molecule has 7 nitrogen and oxygen atoms in total. The first kappa shape index (κ1) is 21.9. The second kappa shape index (κ2) is 10.1. The highest BCUT2D eigenvalue weighted by molar-refractivity contribution is 14.0. The molecule has 0 saturated heterocycles. The summed E-state index contributed by atoms with van der Waals surface area (Å²) in [5.41, 5.74) is 2.62. The van der Waals surface area contributed by atoms with Gasteiger partial charge in [0.05, 0.1) is 12.2 Å². The zero-order valence-electron chi connectivity index (χ0n) is 15.8. The first-order valence-electron chi connectivity index (χ1n) is 8.08. The number of rotatable bonds is 5. The van der Waals surface area contributed by atoms with E-state index in [4.69, 9.17) is 4.42 Å². The van der Waals surface area contributed by atoms with Crippen LogP contribution in [0.5, 0.6) is 0 Å². The Morgan fingerprint density at radius 2 is 1.77 bits per heavy atom. The van der Waals surface area contributed by atoms with Crippen LogP contribution in [0, 0.1) is 13.8 Å². The molecule has 0 spiro atoms. The number of oxazole rings is 1. The van der Waals surface area contributed by atoms with Crippen molar-refractivity contribution in [3.8, 4) is 0 Å². The molecule has 0 radical (unpaired) electrons. The van der Waals surface area contributed by atoms with E-state index in [0.29, 0.717) is 30.5 Å². The molecule has 0 aliphatic heterocycles. The molecule has 0 fully saturated rings. The highest BCUT2D eigenvalue weighted by atomic mass is 127. The van der Waals surface area contributed by atoms with Crippen LogP contribution < -0.4 is 10.6 Å². The SMILES string of the molecule is CN=C(NCc1ccc(C(=O)N(C)C)cc1)NCc1nc(C)c(C)o1.I. The monoisotopic (exact) mass is 471 g/mol. The number of halogens is 1. The van der Waals surface area contributed by atoms with Gasteiger partial charge in [0.25, 0.3) is 5.91 Å². The van der Waals surface area contributed by atoms with Crippen molar-refractivity contribution in [3.05, 3.63) is 52.7 Å². The smallest absolute Gasteiger partial charge is 0.253 e. The largest absolute Gasteiger partial charge is 0.444 e. The number of aliphatic imine (C=N–C) groups is 1. The third kappa shape index (κ3) is 6.01. The number of carbonyl (C=O) groups is 1. The minimum absolute atomic E-state index is 0. The molecule has 2 aromatic rings. The first-order valence-corrected chi connectivity index (χ1v) is 8.08. The van der Waals surface area contributed by atoms with Crippen LogP contribution in [0.15, 0.2) is 33.7 Å². The molecule has 2 rings (SSSR count). The molecule has 1 amide bonds. The topological polar surface area (TPSA) is 82.8 Å². The molecule has 2 N–H and O–H groups in total. The molecule has 1 aromatic carbocycles. The lowest BCUT2D eigenvalue weighted by atomic mass is 10.1. The minimum Gasteiger partial charge on any atom is -0.444 e. The lowest BCUT2D eigenvalue weighted by Crippen LogP contribution is -2.36. The Morgan fingerprint density at radius 3 is 2.27 bits per heavy atom. The van der Waals surface area contributed by atoms with Crippen molar-refractivity contribution < 1.29 is 9.21 Å². The van der Waals surface area contributed by atoms with Crippen LogP contribution in [0.3, 0.4) is 0 Å². The maximum atomic E-state index is 11.9. The standard InChI is InChI=1S/C18H25N5O2.HI/c1-12-13(2)25-16(22-12)11-21-18(19-3)20-10-14-6-8-15(9-7-14)17(24)23(4)5;/h6-9H,10-11H2,1-5H3,(H2,19,20,21);1H. The second-order valence-corrected chi connectivity index (χ2v) is 5.93. The Kier molecular flexibility index (Phi) is 8.56. The van der Waals surface area contributed by atoms with Crippen LogP contribution in [0.2, 0.25) is 0 Å². The van der Waals surface area contributed by atoms with Gasteiger partial charge in [-0.3, -0.25) is 9.79 Å². The van der Waals surface area contributed by atoms with E-state index in [0.717, 1.165) is 17.0 Å². The fraction of sp³-hybridized carbons (Fsp3) is 0.389. The zero-order chi connectivity index (χ0) is 18.4. The number of hydrogen-bond acceptors (Lipinski definition) is 4. The normalized spacial score (nSPS) is 10.9. The van der Waals surface area contributed by atoms with Gasteiger partial charge in [0, 0.05) is 33.3 Å². The number of nitrogens with zero attached hydrogens (tertiary/aromatic N) is 3. The third-order valence-corrected chi connectivity index (χ3v) is 3.77. The van der Waals surface area contributed by atoms with Gasteiger partial charge >= 0.3 is 0 Å². The van der Waals surface area contributed by atoms with Crippen molar-refractivity contribution in [1.29, 1.82) is 0 Å². The van der Waals surface area contributed by atoms with Crippen molar-refractivity contribution in [3.63, 3.8) is 0 Å². The molecule has 0 atom stereocenters. The first-order chi connectivity index (χ1) is 11.9. The highest BCUT2D eigenvalue weighted by Crippen LogP contribution is 2.08. The molecule has 0 bridgehead atoms. The predicted molar refractivity (Wildman–Crippen MR) is 113 cm³/mol. The summed E-state index contributed by atoms with van der Waals surface area (Å²) < 4.78 is 5.53. The van der Waals surface area contributed by atoms with Gasteiger partial charge in [-0.15, -0.1) is 24.0 Å². The Labute approximate surface area is 171 Å². The Bertz CT molecular complexity index is 734. The molecule has 1 heterocycles. The molecule has 0 aliphatic rings. The average Bonchev–Trinajstić information content (AvgIpc) is 2.92. The Morgan fingerprint density at radius 1 is 1.15 bits per heavy atom. The van der Waals surface area contributed by atoms with E-state index >= 15 is 0 Å². The number of benzene rings is 1. The van der Waals surface area contributed by atoms with Gasteiger partial charge in [0.2, 0.25) is 5.89 Å². The quantitative estimate of drug-likeness (QED) is 0.398. The maximum Gasteiger partial charge on any atom is 0.253 e. The lowest BCUT2D eigenvalue weighted by molar-refractivity contribution is 0.0827. The van der Waals surface area contributed by atoms with Gasteiger partial charge in [-0.1, -0.05) is 12.1 Å². The van der Waals surface area contributed by atoms with E-state index in [1.807, 2.05) is 38.1 Å². The second-order valence-electron chi connectivity index (χ2n) is 5.93. The summed E-state index contributed by atoms with van der Waals surface area (Å²) in [6, 6.07) is 7.51. The van der Waals surface area contributed by atoms with E-state index in [1.54, 1.807) is 26.0 Å². The number of hydrogen-bond donors (Lipinski definition) is 2. The van der Waals surface area contributed by atoms with Crippen molar-refractivity contribution >= 4 is 35.8 Å². The van der Waals surface area contributed by atoms with Gasteiger partial charge in [-0.05, 0) is 31.5 Å². The number of guanidine groups is 1. The maximum absolute atomic E-state index is 11.9. The minimum atomic E-state index is -0.00600. The summed E-state index contributed by atoms with van der Waals surface area (Å²) in [4.78, 5) is 21.9. The van der Waals surface area contributed by atoms with E-state index < -0.39 is 0 Å². The van der Waals surface area contributed by atoms with Crippen LogP contribution in [0.25, 0.3) is 0 Å². The molecular formula is C18H26IN5O2. The predicted octanol–water partition coefficient (Wildman–Crippen LogP) is 2.48. The van der Waals surface area contributed by atoms with E-state index in [-0.39, 0.29) is 29.9 Å². The van der Waals surface area contributed by atoms with Crippen molar-refractivity contribution in [2.45, 2.75) is 26.9 Å². The summed E-state index contributed by atoms with van der Waals surface area (Å²) in [7, 11) is 5.19. The molecule has 0 saturated carbocycles. The van der Waals surface area contributed by atoms with Crippen LogP contribution in [0.1, 0.15) is 33.3 Å². The Hall–Kier alpha value is -2.10. The number of aryl methyl sites for hydroxylation is 2. The van der Waals surface area contributed by atoms with E-state index in [2.05, 4.69) is 20.6 Å². The number of amides is 1. The number of aromatic nitrogens is 1. The van der Waals surface area contributed by atoms with Crippen LogP contribution >= 0.6 is 24.0 Å². The highest BCUT2D eigenvalue weighted by Gasteiger charge is 2.08. The summed E-state index contributed by atoms with van der Waals surface area (Å²) in [6.45, 7) is 4.87. The van der Waals surface area contributed by atoms with Crippen LogP contribution in [0.4, 0.5) is 0 Å². The molecule has 1 aromatic heterocycles. The van der Waals surface area contributed by atoms with E-state index in [1.165, 1.54) is 0 Å². The zero-order valence-corrected chi connectivity index (χ0v) is 18.1. The number of nitrogens with one attached hydrogen (secondary N) is 2. The van der Waals surface area contributed by atoms with Gasteiger partial charge in [0.15, 0.2) is 5.96 Å². The molecular weight excluding hydrogens is 445 g/mol. The number of carbonyl (C=O) groups excluding carboxylic acids is 1.